The van der Waals surface area contributed by atoms with Crippen LogP contribution < -0.4 is 5.73 Å². The highest BCUT2D eigenvalue weighted by molar-refractivity contribution is 6.04. The van der Waals surface area contributed by atoms with Gasteiger partial charge in [0.25, 0.3) is 0 Å². The Bertz CT molecular complexity index is 427. The van der Waals surface area contributed by atoms with Crippen LogP contribution in [-0.4, -0.2) is 5.78 Å². The van der Waals surface area contributed by atoms with Crippen LogP contribution in [0.3, 0.4) is 0 Å². The molecule has 0 amide bonds. The fraction of sp³-hybridized carbons (Fsp3) is 0.417. The highest BCUT2D eigenvalue weighted by Crippen LogP contribution is 2.30. The zero-order valence-electron chi connectivity index (χ0n) is 9.60. The van der Waals surface area contributed by atoms with Gasteiger partial charge in [0, 0.05) is 11.1 Å². The predicted molar refractivity (Wildman–Crippen MR) is 59.2 cm³/mol. The first kappa shape index (κ1) is 12.6. The van der Waals surface area contributed by atoms with Crippen LogP contribution in [-0.2, 0) is 0 Å². The van der Waals surface area contributed by atoms with Crippen LogP contribution in [0.15, 0.2) is 12.1 Å². The Balaban J connectivity index is 3.34. The Kier molecular flexibility index (Phi) is 3.31. The molecule has 0 radical (unpaired) electrons. The van der Waals surface area contributed by atoms with Crippen molar-refractivity contribution in [1.29, 1.82) is 0 Å². The second-order valence-electron chi connectivity index (χ2n) is 4.39. The van der Waals surface area contributed by atoms with Gasteiger partial charge in [-0.2, -0.15) is 0 Å². The van der Waals surface area contributed by atoms with Gasteiger partial charge in [-0.25, -0.2) is 8.78 Å². The molecule has 0 bridgehead atoms. The summed E-state index contributed by atoms with van der Waals surface area (Å²) >= 11 is 0. The zero-order chi connectivity index (χ0) is 12.5. The number of ketones is 1. The van der Waals surface area contributed by atoms with Crippen molar-refractivity contribution >= 4 is 11.5 Å². The van der Waals surface area contributed by atoms with Crippen molar-refractivity contribution in [3.8, 4) is 0 Å². The van der Waals surface area contributed by atoms with Gasteiger partial charge in [-0.1, -0.05) is 20.8 Å². The molecular weight excluding hydrogens is 212 g/mol. The fourth-order valence-electron chi connectivity index (χ4n) is 1.30. The molecule has 4 heteroatoms. The molecule has 0 aromatic heterocycles. The van der Waals surface area contributed by atoms with E-state index < -0.39 is 22.8 Å². The molecule has 0 unspecified atom stereocenters. The number of halogens is 2. The van der Waals surface area contributed by atoms with E-state index in [1.54, 1.807) is 13.8 Å². The first-order chi connectivity index (χ1) is 7.31. The minimum Gasteiger partial charge on any atom is -0.398 e. The van der Waals surface area contributed by atoms with Crippen LogP contribution in [0.4, 0.5) is 14.5 Å². The molecular formula is C12H15F2NO. The maximum Gasteiger partial charge on any atom is 0.173 e. The number of nitrogens with two attached hydrogens (primary N) is 1. The van der Waals surface area contributed by atoms with Crippen LogP contribution in [0.5, 0.6) is 0 Å². The van der Waals surface area contributed by atoms with Crippen LogP contribution in [0.2, 0.25) is 0 Å². The highest BCUT2D eigenvalue weighted by atomic mass is 19.2. The van der Waals surface area contributed by atoms with E-state index in [4.69, 9.17) is 5.73 Å². The van der Waals surface area contributed by atoms with Gasteiger partial charge in [-0.3, -0.25) is 4.79 Å². The molecule has 0 spiro atoms. The standard InChI is InChI=1S/C12H15F2NO/c1-4-12(2,3)11(16)9-8(15)6-5-7(13)10(9)14/h5-6H,4,15H2,1-3H3. The summed E-state index contributed by atoms with van der Waals surface area (Å²) in [7, 11) is 0. The molecule has 88 valence electrons. The van der Waals surface area contributed by atoms with Crippen molar-refractivity contribution in [1.82, 2.24) is 0 Å². The van der Waals surface area contributed by atoms with E-state index >= 15 is 0 Å². The maximum atomic E-state index is 13.5. The number of Topliss-reactive ketones (excluding diaryl/α,β-unsaturated/α-hetero) is 1. The van der Waals surface area contributed by atoms with Crippen LogP contribution >= 0.6 is 0 Å². The van der Waals surface area contributed by atoms with Gasteiger partial charge in [-0.05, 0) is 18.6 Å². The second-order valence-corrected chi connectivity index (χ2v) is 4.39. The van der Waals surface area contributed by atoms with Crippen molar-refractivity contribution in [2.75, 3.05) is 5.73 Å². The molecule has 2 nitrogen and oxygen atoms in total. The number of rotatable bonds is 3. The summed E-state index contributed by atoms with van der Waals surface area (Å²) in [5.41, 5.74) is 4.40. The zero-order valence-corrected chi connectivity index (χ0v) is 9.60. The van der Waals surface area contributed by atoms with Crippen LogP contribution in [0.1, 0.15) is 37.6 Å². The van der Waals surface area contributed by atoms with E-state index in [1.807, 2.05) is 6.92 Å². The minimum absolute atomic E-state index is 0.0228. The first-order valence-electron chi connectivity index (χ1n) is 5.09. The molecule has 0 aliphatic carbocycles. The Hall–Kier alpha value is -1.45. The number of nitrogen functional groups attached to an aromatic ring is 1. The lowest BCUT2D eigenvalue weighted by molar-refractivity contribution is 0.0828. The maximum absolute atomic E-state index is 13.5. The lowest BCUT2D eigenvalue weighted by Crippen LogP contribution is -2.25. The van der Waals surface area contributed by atoms with Gasteiger partial charge in [0.15, 0.2) is 17.4 Å². The number of carbonyl (C=O) groups excluding carboxylic acids is 1. The third-order valence-corrected chi connectivity index (χ3v) is 2.85. The number of hydrogen-bond acceptors (Lipinski definition) is 2. The Morgan fingerprint density at radius 1 is 1.38 bits per heavy atom. The van der Waals surface area contributed by atoms with Gasteiger partial charge in [-0.15, -0.1) is 0 Å². The quantitative estimate of drug-likeness (QED) is 0.636. The fourth-order valence-corrected chi connectivity index (χ4v) is 1.30. The smallest absolute Gasteiger partial charge is 0.173 e. The van der Waals surface area contributed by atoms with Crippen molar-refractivity contribution in [3.05, 3.63) is 29.3 Å². The van der Waals surface area contributed by atoms with Crippen molar-refractivity contribution < 1.29 is 13.6 Å². The minimum atomic E-state index is -1.16. The summed E-state index contributed by atoms with van der Waals surface area (Å²) in [5, 5.41) is 0. The summed E-state index contributed by atoms with van der Waals surface area (Å²) in [4.78, 5) is 12.0. The Labute approximate surface area is 93.5 Å². The molecule has 0 saturated heterocycles. The average molecular weight is 227 g/mol. The summed E-state index contributed by atoms with van der Waals surface area (Å²) in [6.07, 6.45) is 0.529. The number of anilines is 1. The lowest BCUT2D eigenvalue weighted by atomic mass is 9.81. The average Bonchev–Trinajstić information content (AvgIpc) is 2.24. The van der Waals surface area contributed by atoms with E-state index in [1.165, 1.54) is 6.07 Å². The monoisotopic (exact) mass is 227 g/mol. The van der Waals surface area contributed by atoms with Crippen molar-refractivity contribution in [2.24, 2.45) is 5.41 Å². The van der Waals surface area contributed by atoms with Gasteiger partial charge in [0.05, 0.1) is 5.56 Å². The molecule has 1 aromatic carbocycles. The van der Waals surface area contributed by atoms with Crippen LogP contribution in [0.25, 0.3) is 0 Å². The normalized spacial score (nSPS) is 11.6. The van der Waals surface area contributed by atoms with E-state index in [9.17, 15) is 13.6 Å². The molecule has 0 atom stereocenters. The van der Waals surface area contributed by atoms with Gasteiger partial charge >= 0.3 is 0 Å². The molecule has 0 fully saturated rings. The predicted octanol–water partition coefficient (Wildman–Crippen LogP) is 3.17. The highest BCUT2D eigenvalue weighted by Gasteiger charge is 2.31. The summed E-state index contributed by atoms with van der Waals surface area (Å²) < 4.78 is 26.5. The number of hydrogen-bond donors (Lipinski definition) is 1. The molecule has 1 rings (SSSR count). The molecule has 1 aromatic rings. The summed E-state index contributed by atoms with van der Waals surface area (Å²) in [5.74, 6) is -2.68. The first-order valence-corrected chi connectivity index (χ1v) is 5.09. The van der Waals surface area contributed by atoms with E-state index in [2.05, 4.69) is 0 Å². The number of benzene rings is 1. The summed E-state index contributed by atoms with van der Waals surface area (Å²) in [6.45, 7) is 5.17. The third kappa shape index (κ3) is 2.05. The molecule has 0 aliphatic rings. The molecule has 0 saturated carbocycles. The van der Waals surface area contributed by atoms with Gasteiger partial charge in [0.2, 0.25) is 0 Å². The van der Waals surface area contributed by atoms with E-state index in [0.29, 0.717) is 6.42 Å². The molecule has 16 heavy (non-hydrogen) atoms. The Morgan fingerprint density at radius 2 is 1.94 bits per heavy atom. The number of carbonyl (C=O) groups is 1. The van der Waals surface area contributed by atoms with Crippen LogP contribution in [0, 0.1) is 17.0 Å². The van der Waals surface area contributed by atoms with Gasteiger partial charge in [0.1, 0.15) is 0 Å². The molecule has 0 aliphatic heterocycles. The third-order valence-electron chi connectivity index (χ3n) is 2.85. The second kappa shape index (κ2) is 4.20. The van der Waals surface area contributed by atoms with E-state index in [-0.39, 0.29) is 11.3 Å². The van der Waals surface area contributed by atoms with E-state index in [0.717, 1.165) is 6.07 Å². The SMILES string of the molecule is CCC(C)(C)C(=O)c1c(N)ccc(F)c1F. The van der Waals surface area contributed by atoms with Crippen molar-refractivity contribution in [2.45, 2.75) is 27.2 Å². The van der Waals surface area contributed by atoms with Crippen molar-refractivity contribution in [3.63, 3.8) is 0 Å². The molecule has 0 heterocycles. The summed E-state index contributed by atoms with van der Waals surface area (Å²) in [6, 6.07) is 2.12. The lowest BCUT2D eigenvalue weighted by Gasteiger charge is -2.22. The topological polar surface area (TPSA) is 43.1 Å². The largest absolute Gasteiger partial charge is 0.398 e. The Morgan fingerprint density at radius 3 is 2.44 bits per heavy atom. The van der Waals surface area contributed by atoms with Gasteiger partial charge < -0.3 is 5.73 Å². The molecule has 2 N–H and O–H groups in total.